The van der Waals surface area contributed by atoms with Gasteiger partial charge in [-0.3, -0.25) is 0 Å². The van der Waals surface area contributed by atoms with Gasteiger partial charge in [-0.05, 0) is 6.42 Å². The van der Waals surface area contributed by atoms with Crippen LogP contribution in [0.25, 0.3) is 0 Å². The van der Waals surface area contributed by atoms with Crippen LogP contribution in [0.1, 0.15) is 6.42 Å². The molecule has 0 saturated carbocycles. The lowest BCUT2D eigenvalue weighted by molar-refractivity contribution is 0.184. The molecule has 0 amide bonds. The van der Waals surface area contributed by atoms with Crippen LogP contribution in [-0.2, 0) is 4.74 Å². The lowest BCUT2D eigenvalue weighted by atomic mass is 10.0. The van der Waals surface area contributed by atoms with Gasteiger partial charge in [0.25, 0.3) is 0 Å². The lowest BCUT2D eigenvalue weighted by Gasteiger charge is -2.05. The number of hydrogen-bond acceptors (Lipinski definition) is 3. The predicted molar refractivity (Wildman–Crippen MR) is 38.7 cm³/mol. The van der Waals surface area contributed by atoms with Crippen molar-refractivity contribution in [3.05, 3.63) is 17.6 Å². The normalized spacial score (nSPS) is 32.0. The van der Waals surface area contributed by atoms with Crippen LogP contribution in [0.5, 0.6) is 0 Å². The van der Waals surface area contributed by atoms with E-state index in [0.29, 0.717) is 13.2 Å². The average molecular weight is 141 g/mol. The summed E-state index contributed by atoms with van der Waals surface area (Å²) in [5.41, 5.74) is 0. The van der Waals surface area contributed by atoms with E-state index in [-0.39, 0.29) is 12.0 Å². The molecule has 1 aliphatic rings. The smallest absolute Gasteiger partial charge is 0.120 e. The summed E-state index contributed by atoms with van der Waals surface area (Å²) in [6.45, 7) is 4.74. The first-order valence-corrected chi connectivity index (χ1v) is 3.39. The Bertz CT molecular complexity index is 136. The number of hydrogen-bond donors (Lipinski definition) is 0. The molecule has 1 rings (SSSR count). The van der Waals surface area contributed by atoms with Crippen molar-refractivity contribution in [3.63, 3.8) is 0 Å². The molecule has 1 saturated heterocycles. The van der Waals surface area contributed by atoms with Gasteiger partial charge >= 0.3 is 0 Å². The van der Waals surface area contributed by atoms with E-state index >= 15 is 0 Å². The summed E-state index contributed by atoms with van der Waals surface area (Å²) in [6, 6.07) is -0.141. The predicted octanol–water partition coefficient (Wildman–Crippen LogP) is 1.34. The summed E-state index contributed by atoms with van der Waals surface area (Å²) in [7, 11) is 0. The molecule has 2 atom stereocenters. The summed E-state index contributed by atoms with van der Waals surface area (Å²) in [5.74, 6) is 0.273. The monoisotopic (exact) mass is 141 g/mol. The van der Waals surface area contributed by atoms with Crippen LogP contribution in [0.3, 0.4) is 0 Å². The van der Waals surface area contributed by atoms with Crippen molar-refractivity contribution in [1.29, 1.82) is 0 Å². The Balaban J connectivity index is 2.41. The largest absolute Gasteiger partial charge is 0.379 e. The van der Waals surface area contributed by atoms with Gasteiger partial charge in [-0.1, -0.05) is 11.3 Å². The van der Waals surface area contributed by atoms with Crippen molar-refractivity contribution >= 4 is 0 Å². The van der Waals surface area contributed by atoms with Crippen LogP contribution < -0.4 is 0 Å². The fourth-order valence-corrected chi connectivity index (χ4v) is 1.14. The third kappa shape index (κ3) is 1.42. The van der Waals surface area contributed by atoms with Gasteiger partial charge < -0.3 is 4.74 Å². The van der Waals surface area contributed by atoms with Crippen molar-refractivity contribution in [2.24, 2.45) is 11.1 Å². The molecule has 0 aliphatic carbocycles. The standard InChI is InChI=1S/C7H11NO2/c1-2-3-6-4-10-5-7(6)8-9/h2,6-7H,1,3-5H2. The van der Waals surface area contributed by atoms with Gasteiger partial charge in [-0.15, -0.1) is 6.58 Å². The van der Waals surface area contributed by atoms with Crippen molar-refractivity contribution < 1.29 is 4.74 Å². The number of nitrogens with zero attached hydrogens (tertiary/aromatic N) is 1. The van der Waals surface area contributed by atoms with Crippen LogP contribution in [0, 0.1) is 10.8 Å². The summed E-state index contributed by atoms with van der Waals surface area (Å²) >= 11 is 0. The van der Waals surface area contributed by atoms with Crippen LogP contribution in [0.2, 0.25) is 0 Å². The zero-order valence-corrected chi connectivity index (χ0v) is 5.82. The number of nitroso groups, excluding NO2 is 1. The molecular formula is C7H11NO2. The number of ether oxygens (including phenoxy) is 1. The van der Waals surface area contributed by atoms with Gasteiger partial charge in [-0.2, -0.15) is 4.91 Å². The Labute approximate surface area is 60.0 Å². The first kappa shape index (κ1) is 7.41. The van der Waals surface area contributed by atoms with Gasteiger partial charge in [0.1, 0.15) is 6.04 Å². The van der Waals surface area contributed by atoms with Gasteiger partial charge in [0.05, 0.1) is 13.2 Å². The number of allylic oxidation sites excluding steroid dienone is 1. The van der Waals surface area contributed by atoms with E-state index in [2.05, 4.69) is 11.8 Å². The second-order valence-corrected chi connectivity index (χ2v) is 2.49. The van der Waals surface area contributed by atoms with Gasteiger partial charge in [0.2, 0.25) is 0 Å². The minimum atomic E-state index is -0.141. The fraction of sp³-hybridized carbons (Fsp3) is 0.714. The van der Waals surface area contributed by atoms with Gasteiger partial charge in [0.15, 0.2) is 0 Å². The minimum Gasteiger partial charge on any atom is -0.379 e. The minimum absolute atomic E-state index is 0.141. The molecule has 56 valence electrons. The summed E-state index contributed by atoms with van der Waals surface area (Å²) in [5, 5.41) is 2.96. The lowest BCUT2D eigenvalue weighted by Crippen LogP contribution is -2.14. The van der Waals surface area contributed by atoms with Gasteiger partial charge in [-0.25, -0.2) is 0 Å². The highest BCUT2D eigenvalue weighted by atomic mass is 16.5. The van der Waals surface area contributed by atoms with Crippen molar-refractivity contribution in [2.75, 3.05) is 13.2 Å². The topological polar surface area (TPSA) is 38.7 Å². The Morgan fingerprint density at radius 3 is 3.10 bits per heavy atom. The molecule has 0 aromatic carbocycles. The van der Waals surface area contributed by atoms with E-state index in [1.165, 1.54) is 0 Å². The maximum Gasteiger partial charge on any atom is 0.120 e. The maximum absolute atomic E-state index is 10.1. The highest BCUT2D eigenvalue weighted by molar-refractivity contribution is 4.85. The zero-order chi connectivity index (χ0) is 7.40. The first-order valence-electron chi connectivity index (χ1n) is 3.39. The zero-order valence-electron chi connectivity index (χ0n) is 5.82. The van der Waals surface area contributed by atoms with Crippen molar-refractivity contribution in [3.8, 4) is 0 Å². The first-order chi connectivity index (χ1) is 4.88. The van der Waals surface area contributed by atoms with E-state index in [0.717, 1.165) is 6.42 Å². The van der Waals surface area contributed by atoms with Crippen molar-refractivity contribution in [1.82, 2.24) is 0 Å². The van der Waals surface area contributed by atoms with Crippen LogP contribution in [-0.4, -0.2) is 19.3 Å². The van der Waals surface area contributed by atoms with Crippen LogP contribution in [0.15, 0.2) is 17.8 Å². The molecule has 10 heavy (non-hydrogen) atoms. The Hall–Kier alpha value is -0.700. The number of rotatable bonds is 3. The molecule has 3 heteroatoms. The average Bonchev–Trinajstić information content (AvgIpc) is 2.36. The SMILES string of the molecule is C=CCC1COCC1N=O. The van der Waals surface area contributed by atoms with E-state index in [9.17, 15) is 4.91 Å². The Morgan fingerprint density at radius 1 is 1.70 bits per heavy atom. The van der Waals surface area contributed by atoms with E-state index in [4.69, 9.17) is 4.74 Å². The second kappa shape index (κ2) is 3.46. The summed E-state index contributed by atoms with van der Waals surface area (Å²) in [6.07, 6.45) is 2.63. The molecule has 0 aromatic heterocycles. The molecule has 1 aliphatic heterocycles. The third-order valence-electron chi connectivity index (χ3n) is 1.77. The second-order valence-electron chi connectivity index (χ2n) is 2.49. The fourth-order valence-electron chi connectivity index (χ4n) is 1.14. The molecule has 0 aromatic rings. The molecule has 2 unspecified atom stereocenters. The van der Waals surface area contributed by atoms with Gasteiger partial charge in [0, 0.05) is 5.92 Å². The van der Waals surface area contributed by atoms with Crippen LogP contribution >= 0.6 is 0 Å². The molecular weight excluding hydrogens is 130 g/mol. The van der Waals surface area contributed by atoms with Crippen molar-refractivity contribution in [2.45, 2.75) is 12.5 Å². The maximum atomic E-state index is 10.1. The molecule has 0 spiro atoms. The van der Waals surface area contributed by atoms with E-state index in [1.54, 1.807) is 6.08 Å². The molecule has 0 N–H and O–H groups in total. The quantitative estimate of drug-likeness (QED) is 0.439. The highest BCUT2D eigenvalue weighted by Gasteiger charge is 2.27. The van der Waals surface area contributed by atoms with Crippen LogP contribution in [0.4, 0.5) is 0 Å². The summed E-state index contributed by atoms with van der Waals surface area (Å²) < 4.78 is 5.07. The highest BCUT2D eigenvalue weighted by Crippen LogP contribution is 2.19. The van der Waals surface area contributed by atoms with E-state index < -0.39 is 0 Å². The molecule has 3 nitrogen and oxygen atoms in total. The third-order valence-corrected chi connectivity index (χ3v) is 1.77. The molecule has 1 heterocycles. The molecule has 0 bridgehead atoms. The molecule has 1 fully saturated rings. The Kier molecular flexibility index (Phi) is 2.57. The summed E-state index contributed by atoms with van der Waals surface area (Å²) in [4.78, 5) is 10.1. The molecule has 0 radical (unpaired) electrons. The Morgan fingerprint density at radius 2 is 2.50 bits per heavy atom. The van der Waals surface area contributed by atoms with E-state index in [1.807, 2.05) is 0 Å².